The number of fused-ring (bicyclic) bond motifs is 1. The summed E-state index contributed by atoms with van der Waals surface area (Å²) in [6, 6.07) is 26.7. The monoisotopic (exact) mass is 450 g/mol. The number of aromatic nitrogens is 1. The number of benzene rings is 3. The van der Waals surface area contributed by atoms with Crippen molar-refractivity contribution in [2.24, 2.45) is 0 Å². The molecule has 1 aliphatic heterocycles. The molecule has 4 aromatic rings. The van der Waals surface area contributed by atoms with Crippen LogP contribution in [-0.4, -0.2) is 17.4 Å². The molecule has 0 bridgehead atoms. The van der Waals surface area contributed by atoms with Gasteiger partial charge in [-0.15, -0.1) is 0 Å². The highest BCUT2D eigenvalue weighted by Crippen LogP contribution is 2.37. The largest absolute Gasteiger partial charge is 0.457 e. The van der Waals surface area contributed by atoms with E-state index < -0.39 is 0 Å². The van der Waals surface area contributed by atoms with E-state index in [1.54, 1.807) is 18.3 Å². The van der Waals surface area contributed by atoms with Crippen molar-refractivity contribution in [3.8, 4) is 11.5 Å². The minimum atomic E-state index is -0.225. The number of nitrogens with zero attached hydrogens (tertiary/aromatic N) is 1. The summed E-state index contributed by atoms with van der Waals surface area (Å²) in [5, 5.41) is 9.66. The van der Waals surface area contributed by atoms with E-state index in [0.717, 1.165) is 35.1 Å². The molecular weight excluding hydrogens is 424 g/mol. The second kappa shape index (κ2) is 8.90. The summed E-state index contributed by atoms with van der Waals surface area (Å²) < 4.78 is 5.84. The molecule has 0 atom stereocenters. The van der Waals surface area contributed by atoms with Crippen molar-refractivity contribution in [2.75, 3.05) is 22.5 Å². The Labute approximate surface area is 199 Å². The molecule has 0 unspecified atom stereocenters. The molecule has 3 N–H and O–H groups in total. The average molecular weight is 451 g/mol. The Morgan fingerprint density at radius 1 is 0.912 bits per heavy atom. The van der Waals surface area contributed by atoms with Crippen LogP contribution >= 0.6 is 0 Å². The van der Waals surface area contributed by atoms with Crippen LogP contribution in [0.3, 0.4) is 0 Å². The fourth-order valence-electron chi connectivity index (χ4n) is 4.02. The van der Waals surface area contributed by atoms with E-state index in [1.807, 2.05) is 66.7 Å². The zero-order valence-corrected chi connectivity index (χ0v) is 19.1. The first-order valence-electron chi connectivity index (χ1n) is 11.2. The Hall–Kier alpha value is -4.32. The minimum Gasteiger partial charge on any atom is -0.457 e. The van der Waals surface area contributed by atoms with Gasteiger partial charge in [-0.25, -0.2) is 4.98 Å². The molecule has 0 spiro atoms. The lowest BCUT2D eigenvalue weighted by atomic mass is 9.87. The molecule has 3 aromatic carbocycles. The highest BCUT2D eigenvalue weighted by Gasteiger charge is 2.29. The van der Waals surface area contributed by atoms with Crippen molar-refractivity contribution in [3.63, 3.8) is 0 Å². The summed E-state index contributed by atoms with van der Waals surface area (Å²) >= 11 is 0. The van der Waals surface area contributed by atoms with Crippen molar-refractivity contribution >= 4 is 28.8 Å². The third kappa shape index (κ3) is 4.57. The van der Waals surface area contributed by atoms with Crippen LogP contribution in [0.15, 0.2) is 91.1 Å². The van der Waals surface area contributed by atoms with Crippen molar-refractivity contribution in [3.05, 3.63) is 102 Å². The van der Waals surface area contributed by atoms with Crippen LogP contribution < -0.4 is 20.7 Å². The topological polar surface area (TPSA) is 75.3 Å². The number of carbonyl (C=O) groups excluding carboxylic acids is 1. The van der Waals surface area contributed by atoms with E-state index in [-0.39, 0.29) is 11.3 Å². The molecule has 0 radical (unpaired) electrons. The first-order valence-corrected chi connectivity index (χ1v) is 11.2. The van der Waals surface area contributed by atoms with Gasteiger partial charge in [0.05, 0.1) is 5.56 Å². The van der Waals surface area contributed by atoms with Gasteiger partial charge in [0.25, 0.3) is 5.91 Å². The minimum absolute atomic E-state index is 0.0833. The van der Waals surface area contributed by atoms with Gasteiger partial charge in [0, 0.05) is 35.2 Å². The van der Waals surface area contributed by atoms with Gasteiger partial charge >= 0.3 is 0 Å². The first kappa shape index (κ1) is 21.5. The molecule has 170 valence electrons. The molecule has 1 aromatic heterocycles. The van der Waals surface area contributed by atoms with Crippen molar-refractivity contribution in [2.45, 2.75) is 19.3 Å². The Bertz CT molecular complexity index is 1320. The predicted molar refractivity (Wildman–Crippen MR) is 136 cm³/mol. The number of amides is 1. The van der Waals surface area contributed by atoms with E-state index in [1.165, 1.54) is 5.56 Å². The zero-order valence-electron chi connectivity index (χ0n) is 19.1. The number of rotatable bonds is 6. The molecule has 0 saturated heterocycles. The lowest BCUT2D eigenvalue weighted by Gasteiger charge is -2.17. The van der Waals surface area contributed by atoms with Crippen molar-refractivity contribution in [1.82, 2.24) is 4.98 Å². The second-order valence-electron chi connectivity index (χ2n) is 8.92. The van der Waals surface area contributed by atoms with Gasteiger partial charge in [0.15, 0.2) is 0 Å². The molecule has 0 saturated carbocycles. The summed E-state index contributed by atoms with van der Waals surface area (Å²) in [5.41, 5.74) is 4.41. The molecule has 6 nitrogen and oxygen atoms in total. The van der Waals surface area contributed by atoms with Crippen LogP contribution in [0.2, 0.25) is 0 Å². The summed E-state index contributed by atoms with van der Waals surface area (Å²) in [5.74, 6) is 1.76. The Morgan fingerprint density at radius 3 is 2.44 bits per heavy atom. The van der Waals surface area contributed by atoms with Crippen LogP contribution in [0.1, 0.15) is 29.8 Å². The summed E-state index contributed by atoms with van der Waals surface area (Å²) in [4.78, 5) is 17.5. The second-order valence-corrected chi connectivity index (χ2v) is 8.92. The van der Waals surface area contributed by atoms with Crippen LogP contribution in [0, 0.1) is 0 Å². The van der Waals surface area contributed by atoms with Gasteiger partial charge in [-0.05, 0) is 66.2 Å². The maximum absolute atomic E-state index is 13.1. The highest BCUT2D eigenvalue weighted by molar-refractivity contribution is 6.08. The smallest absolute Gasteiger partial charge is 0.259 e. The number of anilines is 4. The molecule has 1 aliphatic rings. The number of ether oxygens (including phenoxy) is 1. The Kier molecular flexibility index (Phi) is 5.64. The normalized spacial score (nSPS) is 13.5. The summed E-state index contributed by atoms with van der Waals surface area (Å²) in [6.07, 6.45) is 1.66. The van der Waals surface area contributed by atoms with Gasteiger partial charge in [0.1, 0.15) is 17.3 Å². The zero-order chi connectivity index (χ0) is 23.5. The van der Waals surface area contributed by atoms with Gasteiger partial charge in [-0.2, -0.15) is 0 Å². The third-order valence-corrected chi connectivity index (χ3v) is 5.88. The standard InChI is InChI=1S/C28H26N4O2/c1-28(2)18-30-25-17-20(12-15-24(25)28)32-27(33)23-9-6-16-29-26(23)31-19-10-13-22(14-11-19)34-21-7-4-3-5-8-21/h3-17,30H,18H2,1-2H3,(H,29,31)(H,32,33). The van der Waals surface area contributed by atoms with Crippen molar-refractivity contribution < 1.29 is 9.53 Å². The van der Waals surface area contributed by atoms with Crippen LogP contribution in [0.4, 0.5) is 22.9 Å². The maximum atomic E-state index is 13.1. The van der Waals surface area contributed by atoms with Crippen LogP contribution in [-0.2, 0) is 5.41 Å². The van der Waals surface area contributed by atoms with Crippen LogP contribution in [0.25, 0.3) is 0 Å². The SMILES string of the molecule is CC1(C)CNc2cc(NC(=O)c3cccnc3Nc3ccc(Oc4ccccc4)cc3)ccc21. The van der Waals surface area contributed by atoms with E-state index in [9.17, 15) is 4.79 Å². The molecule has 5 rings (SSSR count). The molecular formula is C28H26N4O2. The highest BCUT2D eigenvalue weighted by atomic mass is 16.5. The molecule has 1 amide bonds. The fourth-order valence-corrected chi connectivity index (χ4v) is 4.02. The van der Waals surface area contributed by atoms with E-state index in [4.69, 9.17) is 4.74 Å². The number of carbonyl (C=O) groups is 1. The summed E-state index contributed by atoms with van der Waals surface area (Å²) in [6.45, 7) is 5.29. The molecule has 34 heavy (non-hydrogen) atoms. The van der Waals surface area contributed by atoms with Gasteiger partial charge < -0.3 is 20.7 Å². The number of hydrogen-bond acceptors (Lipinski definition) is 5. The summed E-state index contributed by atoms with van der Waals surface area (Å²) in [7, 11) is 0. The number of nitrogens with one attached hydrogen (secondary N) is 3. The first-order chi connectivity index (χ1) is 16.5. The van der Waals surface area contributed by atoms with Gasteiger partial charge in [0.2, 0.25) is 0 Å². The predicted octanol–water partition coefficient (Wildman–Crippen LogP) is 6.57. The molecule has 0 aliphatic carbocycles. The molecule has 0 fully saturated rings. The average Bonchev–Trinajstić information content (AvgIpc) is 3.15. The lowest BCUT2D eigenvalue weighted by Crippen LogP contribution is -2.18. The van der Waals surface area contributed by atoms with Crippen LogP contribution in [0.5, 0.6) is 11.5 Å². The number of hydrogen-bond donors (Lipinski definition) is 3. The van der Waals surface area contributed by atoms with Gasteiger partial charge in [-0.1, -0.05) is 38.1 Å². The van der Waals surface area contributed by atoms with Crippen molar-refractivity contribution in [1.29, 1.82) is 0 Å². The Balaban J connectivity index is 1.29. The van der Waals surface area contributed by atoms with E-state index in [2.05, 4.69) is 40.8 Å². The quantitative estimate of drug-likeness (QED) is 0.310. The lowest BCUT2D eigenvalue weighted by molar-refractivity contribution is 0.102. The van der Waals surface area contributed by atoms with Gasteiger partial charge in [-0.3, -0.25) is 4.79 Å². The Morgan fingerprint density at radius 2 is 1.65 bits per heavy atom. The molecule has 2 heterocycles. The van der Waals surface area contributed by atoms with E-state index >= 15 is 0 Å². The number of para-hydroxylation sites is 1. The third-order valence-electron chi connectivity index (χ3n) is 5.88. The fraction of sp³-hybridized carbons (Fsp3) is 0.143. The molecule has 6 heteroatoms. The van der Waals surface area contributed by atoms with E-state index in [0.29, 0.717) is 11.4 Å². The number of pyridine rings is 1. The maximum Gasteiger partial charge on any atom is 0.259 e.